The number of benzene rings is 2. The molecule has 0 aliphatic heterocycles. The summed E-state index contributed by atoms with van der Waals surface area (Å²) in [6, 6.07) is 16.5. The lowest BCUT2D eigenvalue weighted by atomic mass is 10.0. The zero-order valence-electron chi connectivity index (χ0n) is 16.6. The molecule has 31 heavy (non-hydrogen) atoms. The second-order valence-corrected chi connectivity index (χ2v) is 9.22. The predicted molar refractivity (Wildman–Crippen MR) is 113 cm³/mol. The minimum atomic E-state index is -4.57. The maximum absolute atomic E-state index is 13.5. The van der Waals surface area contributed by atoms with E-state index >= 15 is 0 Å². The van der Waals surface area contributed by atoms with E-state index in [1.807, 2.05) is 37.3 Å². The Morgan fingerprint density at radius 1 is 1.00 bits per heavy atom. The molecule has 1 heterocycles. The molecule has 0 bridgehead atoms. The summed E-state index contributed by atoms with van der Waals surface area (Å²) < 4.78 is 66.9. The van der Waals surface area contributed by atoms with Gasteiger partial charge in [-0.3, -0.25) is 4.98 Å². The highest BCUT2D eigenvalue weighted by Gasteiger charge is 2.34. The third-order valence-electron chi connectivity index (χ3n) is 4.79. The lowest BCUT2D eigenvalue weighted by Gasteiger charge is -2.31. The monoisotopic (exact) mass is 468 g/mol. The smallest absolute Gasteiger partial charge is 0.251 e. The Morgan fingerprint density at radius 3 is 2.16 bits per heavy atom. The summed E-state index contributed by atoms with van der Waals surface area (Å²) in [6.45, 7) is 1.72. The van der Waals surface area contributed by atoms with Gasteiger partial charge in [0.2, 0.25) is 10.0 Å². The second kappa shape index (κ2) is 9.38. The van der Waals surface area contributed by atoms with E-state index in [1.165, 1.54) is 34.6 Å². The summed E-state index contributed by atoms with van der Waals surface area (Å²) in [5, 5.41) is 0.396. The molecule has 1 atom stereocenters. The summed E-state index contributed by atoms with van der Waals surface area (Å²) in [5.74, 6) is 0. The van der Waals surface area contributed by atoms with Crippen LogP contribution in [0.2, 0.25) is 5.02 Å². The maximum Gasteiger partial charge on any atom is 0.433 e. The molecule has 0 unspecified atom stereocenters. The van der Waals surface area contributed by atoms with Gasteiger partial charge in [0.05, 0.1) is 10.9 Å². The van der Waals surface area contributed by atoms with Gasteiger partial charge in [-0.25, -0.2) is 8.42 Å². The number of rotatable bonds is 7. The molecule has 0 fully saturated rings. The third kappa shape index (κ3) is 5.44. The Kier molecular flexibility index (Phi) is 7.03. The molecule has 0 N–H and O–H groups in total. The van der Waals surface area contributed by atoms with Gasteiger partial charge in [-0.1, -0.05) is 54.9 Å². The fourth-order valence-electron chi connectivity index (χ4n) is 3.25. The van der Waals surface area contributed by atoms with Gasteiger partial charge in [-0.05, 0) is 47.9 Å². The van der Waals surface area contributed by atoms with Crippen molar-refractivity contribution in [2.75, 3.05) is 0 Å². The molecule has 0 amide bonds. The van der Waals surface area contributed by atoms with Gasteiger partial charge in [0.25, 0.3) is 0 Å². The van der Waals surface area contributed by atoms with Crippen molar-refractivity contribution in [2.24, 2.45) is 0 Å². The molecule has 0 saturated heterocycles. The van der Waals surface area contributed by atoms with E-state index in [0.29, 0.717) is 17.0 Å². The molecule has 0 saturated carbocycles. The number of hydrogen-bond acceptors (Lipinski definition) is 3. The fraction of sp³-hybridized carbons (Fsp3) is 0.227. The first-order valence-electron chi connectivity index (χ1n) is 9.47. The van der Waals surface area contributed by atoms with Gasteiger partial charge < -0.3 is 0 Å². The standard InChI is InChI=1S/C22H20ClF3N2O2S/c1-2-20(17-6-4-3-5-7-17)28(31(29,30)19-11-9-18(23)10-12-19)15-16-8-13-21(27-14-16)22(24,25)26/h3-14,20H,2,15H2,1H3/t20-/m0/s1. The van der Waals surface area contributed by atoms with E-state index in [-0.39, 0.29) is 11.4 Å². The number of pyridine rings is 1. The number of aromatic nitrogens is 1. The van der Waals surface area contributed by atoms with Crippen LogP contribution in [-0.4, -0.2) is 17.7 Å². The van der Waals surface area contributed by atoms with Crippen LogP contribution in [-0.2, 0) is 22.7 Å². The first-order chi connectivity index (χ1) is 14.6. The van der Waals surface area contributed by atoms with E-state index in [2.05, 4.69) is 4.98 Å². The highest BCUT2D eigenvalue weighted by atomic mass is 35.5. The lowest BCUT2D eigenvalue weighted by Crippen LogP contribution is -2.34. The van der Waals surface area contributed by atoms with Crippen LogP contribution in [0.4, 0.5) is 13.2 Å². The van der Waals surface area contributed by atoms with Crippen LogP contribution in [0.1, 0.15) is 36.2 Å². The first-order valence-corrected chi connectivity index (χ1v) is 11.3. The Hall–Kier alpha value is -2.42. The summed E-state index contributed by atoms with van der Waals surface area (Å²) in [5.41, 5.74) is 0.0980. The largest absolute Gasteiger partial charge is 0.433 e. The van der Waals surface area contributed by atoms with E-state index in [9.17, 15) is 21.6 Å². The van der Waals surface area contributed by atoms with Crippen molar-refractivity contribution in [2.45, 2.75) is 37.0 Å². The van der Waals surface area contributed by atoms with Gasteiger partial charge in [0, 0.05) is 17.8 Å². The van der Waals surface area contributed by atoms with Crippen LogP contribution in [0.5, 0.6) is 0 Å². The van der Waals surface area contributed by atoms with Crippen LogP contribution in [0.15, 0.2) is 77.8 Å². The Bertz CT molecular complexity index is 1100. The van der Waals surface area contributed by atoms with Crippen molar-refractivity contribution < 1.29 is 21.6 Å². The number of halogens is 4. The average molecular weight is 469 g/mol. The van der Waals surface area contributed by atoms with Crippen molar-refractivity contribution in [1.29, 1.82) is 0 Å². The summed E-state index contributed by atoms with van der Waals surface area (Å²) in [7, 11) is -3.99. The molecular weight excluding hydrogens is 449 g/mol. The molecule has 3 rings (SSSR count). The van der Waals surface area contributed by atoms with Crippen molar-refractivity contribution in [1.82, 2.24) is 9.29 Å². The molecule has 0 aliphatic carbocycles. The third-order valence-corrected chi connectivity index (χ3v) is 6.91. The van der Waals surface area contributed by atoms with Crippen molar-refractivity contribution in [3.63, 3.8) is 0 Å². The Labute approximate surface area is 184 Å². The van der Waals surface area contributed by atoms with E-state index in [0.717, 1.165) is 17.8 Å². The number of hydrogen-bond donors (Lipinski definition) is 0. The molecule has 0 spiro atoms. The molecule has 3 aromatic rings. The summed E-state index contributed by atoms with van der Waals surface area (Å²) in [6.07, 6.45) is -3.04. The van der Waals surface area contributed by atoms with Crippen LogP contribution in [0, 0.1) is 0 Å². The SMILES string of the molecule is CC[C@@H](c1ccccc1)N(Cc1ccc(C(F)(F)F)nc1)S(=O)(=O)c1ccc(Cl)cc1. The lowest BCUT2D eigenvalue weighted by molar-refractivity contribution is -0.141. The molecule has 0 aliphatic rings. The molecule has 9 heteroatoms. The molecule has 4 nitrogen and oxygen atoms in total. The molecule has 2 aromatic carbocycles. The van der Waals surface area contributed by atoms with E-state index < -0.39 is 27.9 Å². The predicted octanol–water partition coefficient (Wildman–Crippen LogP) is 6.10. The average Bonchev–Trinajstić information content (AvgIpc) is 2.74. The van der Waals surface area contributed by atoms with Crippen LogP contribution >= 0.6 is 11.6 Å². The number of alkyl halides is 3. The Morgan fingerprint density at radius 2 is 1.65 bits per heavy atom. The summed E-state index contributed by atoms with van der Waals surface area (Å²) in [4.78, 5) is 3.51. The van der Waals surface area contributed by atoms with Crippen molar-refractivity contribution >= 4 is 21.6 Å². The van der Waals surface area contributed by atoms with Gasteiger partial charge in [0.1, 0.15) is 5.69 Å². The second-order valence-electron chi connectivity index (χ2n) is 6.89. The van der Waals surface area contributed by atoms with Crippen molar-refractivity contribution in [3.05, 3.63) is 94.8 Å². The van der Waals surface area contributed by atoms with Gasteiger partial charge in [0.15, 0.2) is 0 Å². The van der Waals surface area contributed by atoms with Crippen molar-refractivity contribution in [3.8, 4) is 0 Å². The van der Waals surface area contributed by atoms with Gasteiger partial charge >= 0.3 is 6.18 Å². The minimum absolute atomic E-state index is 0.0474. The first kappa shape index (κ1) is 23.2. The highest BCUT2D eigenvalue weighted by molar-refractivity contribution is 7.89. The normalized spacial score (nSPS) is 13.4. The molecule has 164 valence electrons. The zero-order valence-corrected chi connectivity index (χ0v) is 18.1. The Balaban J connectivity index is 2.04. The van der Waals surface area contributed by atoms with E-state index in [4.69, 9.17) is 11.6 Å². The summed E-state index contributed by atoms with van der Waals surface area (Å²) >= 11 is 5.90. The maximum atomic E-state index is 13.5. The number of nitrogens with zero attached hydrogens (tertiary/aromatic N) is 2. The van der Waals surface area contributed by atoms with Crippen LogP contribution < -0.4 is 0 Å². The molecular formula is C22H20ClF3N2O2S. The van der Waals surface area contributed by atoms with E-state index in [1.54, 1.807) is 0 Å². The highest BCUT2D eigenvalue weighted by Crippen LogP contribution is 2.33. The van der Waals surface area contributed by atoms with Crippen LogP contribution in [0.3, 0.4) is 0 Å². The van der Waals surface area contributed by atoms with Gasteiger partial charge in [-0.15, -0.1) is 0 Å². The molecule has 0 radical (unpaired) electrons. The minimum Gasteiger partial charge on any atom is -0.251 e. The fourth-order valence-corrected chi connectivity index (χ4v) is 5.05. The topological polar surface area (TPSA) is 50.3 Å². The van der Waals surface area contributed by atoms with Gasteiger partial charge in [-0.2, -0.15) is 17.5 Å². The molecule has 1 aromatic heterocycles. The number of sulfonamides is 1. The van der Waals surface area contributed by atoms with Crippen LogP contribution in [0.25, 0.3) is 0 Å². The zero-order chi connectivity index (χ0) is 22.6. The quantitative estimate of drug-likeness (QED) is 0.421.